The van der Waals surface area contributed by atoms with Crippen LogP contribution < -0.4 is 15.5 Å². The highest BCUT2D eigenvalue weighted by atomic mass is 16.6. The zero-order valence-electron chi connectivity index (χ0n) is 15.8. The highest BCUT2D eigenvalue weighted by Crippen LogP contribution is 2.13. The first-order valence-electron chi connectivity index (χ1n) is 9.10. The number of non-ortho nitro benzene ring substituents is 1. The molecular formula is C20H24N4O4. The highest BCUT2D eigenvalue weighted by Gasteiger charge is 2.12. The van der Waals surface area contributed by atoms with E-state index in [-0.39, 0.29) is 23.7 Å². The number of hydrogen-bond donors (Lipinski definition) is 2. The fourth-order valence-corrected chi connectivity index (χ4v) is 2.69. The summed E-state index contributed by atoms with van der Waals surface area (Å²) in [6.45, 7) is 4.07. The minimum Gasteiger partial charge on any atom is -0.372 e. The minimum absolute atomic E-state index is 0.142. The Hall–Kier alpha value is -3.42. The number of nitrogens with one attached hydrogen (secondary N) is 2. The molecule has 2 amide bonds. The number of nitrogens with zero attached hydrogens (tertiary/aromatic N) is 2. The van der Waals surface area contributed by atoms with Gasteiger partial charge in [0.2, 0.25) is 5.91 Å². The number of amides is 2. The Bertz CT molecular complexity index is 811. The molecule has 0 aliphatic rings. The average Bonchev–Trinajstić information content (AvgIpc) is 2.72. The van der Waals surface area contributed by atoms with E-state index < -0.39 is 10.8 Å². The van der Waals surface area contributed by atoms with Gasteiger partial charge in [0, 0.05) is 43.0 Å². The topological polar surface area (TPSA) is 105 Å². The van der Waals surface area contributed by atoms with Gasteiger partial charge in [-0.15, -0.1) is 0 Å². The molecule has 2 aromatic carbocycles. The Labute approximate surface area is 163 Å². The molecule has 0 aliphatic carbocycles. The molecule has 2 rings (SSSR count). The van der Waals surface area contributed by atoms with Crippen LogP contribution in [0.2, 0.25) is 0 Å². The molecule has 0 aromatic heterocycles. The Morgan fingerprint density at radius 1 is 1.07 bits per heavy atom. The third-order valence-corrected chi connectivity index (χ3v) is 4.16. The second-order valence-electron chi connectivity index (χ2n) is 6.11. The molecule has 0 heterocycles. The summed E-state index contributed by atoms with van der Waals surface area (Å²) in [6, 6.07) is 15.4. The van der Waals surface area contributed by atoms with Crippen LogP contribution in [0.1, 0.15) is 23.7 Å². The fraction of sp³-hybridized carbons (Fsp3) is 0.300. The zero-order valence-corrected chi connectivity index (χ0v) is 15.8. The minimum atomic E-state index is -0.571. The van der Waals surface area contributed by atoms with Crippen molar-refractivity contribution < 1.29 is 14.5 Å². The van der Waals surface area contributed by atoms with Crippen LogP contribution in [0.4, 0.5) is 11.4 Å². The summed E-state index contributed by atoms with van der Waals surface area (Å²) in [7, 11) is 0. The van der Waals surface area contributed by atoms with Crippen molar-refractivity contribution in [1.82, 2.24) is 10.6 Å². The zero-order chi connectivity index (χ0) is 20.4. The summed E-state index contributed by atoms with van der Waals surface area (Å²) in [5, 5.41) is 16.0. The van der Waals surface area contributed by atoms with Crippen molar-refractivity contribution in [3.63, 3.8) is 0 Å². The van der Waals surface area contributed by atoms with Crippen LogP contribution in [0.5, 0.6) is 0 Å². The number of nitro groups is 1. The van der Waals surface area contributed by atoms with Crippen LogP contribution in [0.15, 0.2) is 54.6 Å². The summed E-state index contributed by atoms with van der Waals surface area (Å²) < 4.78 is 0. The molecule has 8 nitrogen and oxygen atoms in total. The summed E-state index contributed by atoms with van der Waals surface area (Å²) in [5.41, 5.74) is 1.11. The van der Waals surface area contributed by atoms with E-state index in [9.17, 15) is 19.7 Å². The molecule has 148 valence electrons. The van der Waals surface area contributed by atoms with E-state index in [0.29, 0.717) is 6.54 Å². The van der Waals surface area contributed by atoms with E-state index in [2.05, 4.69) is 22.5 Å². The fourth-order valence-electron chi connectivity index (χ4n) is 2.69. The molecule has 0 fully saturated rings. The van der Waals surface area contributed by atoms with Crippen LogP contribution in [0.3, 0.4) is 0 Å². The van der Waals surface area contributed by atoms with Crippen LogP contribution in [-0.2, 0) is 4.79 Å². The molecule has 2 aromatic rings. The third kappa shape index (κ3) is 6.39. The quantitative estimate of drug-likeness (QED) is 0.372. The first-order chi connectivity index (χ1) is 13.5. The van der Waals surface area contributed by atoms with Gasteiger partial charge in [-0.05, 0) is 31.5 Å². The first-order valence-corrected chi connectivity index (χ1v) is 9.10. The second kappa shape index (κ2) is 10.7. The number of carbonyl (C=O) groups excluding carboxylic acids is 2. The van der Waals surface area contributed by atoms with Crippen LogP contribution in [0, 0.1) is 10.1 Å². The SMILES string of the molecule is CCN(CCCNC(=O)CNC(=O)c1cccc([N+](=O)[O-])c1)c1ccccc1. The average molecular weight is 384 g/mol. The van der Waals surface area contributed by atoms with Gasteiger partial charge in [-0.2, -0.15) is 0 Å². The number of para-hydroxylation sites is 1. The van der Waals surface area contributed by atoms with Gasteiger partial charge < -0.3 is 15.5 Å². The molecule has 0 bridgehead atoms. The van der Waals surface area contributed by atoms with Crippen molar-refractivity contribution in [3.05, 3.63) is 70.3 Å². The van der Waals surface area contributed by atoms with E-state index in [1.807, 2.05) is 30.3 Å². The molecule has 2 N–H and O–H groups in total. The van der Waals surface area contributed by atoms with Crippen molar-refractivity contribution in [1.29, 1.82) is 0 Å². The number of benzene rings is 2. The van der Waals surface area contributed by atoms with Gasteiger partial charge in [-0.1, -0.05) is 24.3 Å². The second-order valence-corrected chi connectivity index (χ2v) is 6.11. The number of carbonyl (C=O) groups is 2. The maximum atomic E-state index is 12.0. The molecular weight excluding hydrogens is 360 g/mol. The van der Waals surface area contributed by atoms with E-state index in [0.717, 1.165) is 25.2 Å². The Balaban J connectivity index is 1.70. The standard InChI is InChI=1S/C20H24N4O4/c1-2-23(17-9-4-3-5-10-17)13-7-12-21-19(25)15-22-20(26)16-8-6-11-18(14-16)24(27)28/h3-6,8-11,14H,2,7,12-13,15H2,1H3,(H,21,25)(H,22,26). The van der Waals surface area contributed by atoms with Crippen molar-refractivity contribution >= 4 is 23.2 Å². The lowest BCUT2D eigenvalue weighted by atomic mass is 10.2. The number of anilines is 1. The van der Waals surface area contributed by atoms with Crippen molar-refractivity contribution in [3.8, 4) is 0 Å². The smallest absolute Gasteiger partial charge is 0.270 e. The van der Waals surface area contributed by atoms with Crippen LogP contribution >= 0.6 is 0 Å². The Morgan fingerprint density at radius 2 is 1.82 bits per heavy atom. The maximum Gasteiger partial charge on any atom is 0.270 e. The van der Waals surface area contributed by atoms with Crippen molar-refractivity contribution in [2.24, 2.45) is 0 Å². The molecule has 28 heavy (non-hydrogen) atoms. The molecule has 0 atom stereocenters. The summed E-state index contributed by atoms with van der Waals surface area (Å²) in [6.07, 6.45) is 0.771. The predicted octanol–water partition coefficient (Wildman–Crippen LogP) is 2.36. The van der Waals surface area contributed by atoms with Gasteiger partial charge >= 0.3 is 0 Å². The molecule has 0 saturated heterocycles. The van der Waals surface area contributed by atoms with Crippen LogP contribution in [0.25, 0.3) is 0 Å². The predicted molar refractivity (Wildman–Crippen MR) is 107 cm³/mol. The van der Waals surface area contributed by atoms with E-state index in [1.54, 1.807) is 0 Å². The number of rotatable bonds is 10. The number of nitro benzene ring substituents is 1. The van der Waals surface area contributed by atoms with E-state index >= 15 is 0 Å². The summed E-state index contributed by atoms with van der Waals surface area (Å²) in [4.78, 5) is 36.3. The molecule has 0 spiro atoms. The number of hydrogen-bond acceptors (Lipinski definition) is 5. The summed E-state index contributed by atoms with van der Waals surface area (Å²) >= 11 is 0. The highest BCUT2D eigenvalue weighted by molar-refractivity contribution is 5.96. The largest absolute Gasteiger partial charge is 0.372 e. The van der Waals surface area contributed by atoms with E-state index in [4.69, 9.17) is 0 Å². The van der Waals surface area contributed by atoms with Gasteiger partial charge in [0.05, 0.1) is 11.5 Å². The lowest BCUT2D eigenvalue weighted by Gasteiger charge is -2.23. The molecule has 8 heteroatoms. The van der Waals surface area contributed by atoms with Crippen LogP contribution in [-0.4, -0.2) is 42.9 Å². The lowest BCUT2D eigenvalue weighted by molar-refractivity contribution is -0.384. The third-order valence-electron chi connectivity index (χ3n) is 4.16. The molecule has 0 radical (unpaired) electrons. The van der Waals surface area contributed by atoms with E-state index in [1.165, 1.54) is 24.3 Å². The van der Waals surface area contributed by atoms with Gasteiger partial charge in [0.15, 0.2) is 0 Å². The van der Waals surface area contributed by atoms with Gasteiger partial charge in [-0.3, -0.25) is 19.7 Å². The van der Waals surface area contributed by atoms with Gasteiger partial charge in [0.1, 0.15) is 0 Å². The normalized spacial score (nSPS) is 10.2. The first kappa shape index (κ1) is 20.9. The molecule has 0 saturated carbocycles. The lowest BCUT2D eigenvalue weighted by Crippen LogP contribution is -2.38. The van der Waals surface area contributed by atoms with Gasteiger partial charge in [0.25, 0.3) is 11.6 Å². The van der Waals surface area contributed by atoms with Crippen molar-refractivity contribution in [2.45, 2.75) is 13.3 Å². The molecule has 0 unspecified atom stereocenters. The van der Waals surface area contributed by atoms with Crippen molar-refractivity contribution in [2.75, 3.05) is 31.1 Å². The molecule has 0 aliphatic heterocycles. The van der Waals surface area contributed by atoms with Gasteiger partial charge in [-0.25, -0.2) is 0 Å². The Morgan fingerprint density at radius 3 is 2.50 bits per heavy atom. The summed E-state index contributed by atoms with van der Waals surface area (Å²) in [5.74, 6) is -0.832. The Kier molecular flexibility index (Phi) is 7.95. The maximum absolute atomic E-state index is 12.0. The monoisotopic (exact) mass is 384 g/mol.